The molecule has 2 heterocycles. The second kappa shape index (κ2) is 4.37. The van der Waals surface area contributed by atoms with Crippen molar-refractivity contribution in [2.24, 2.45) is 0 Å². The van der Waals surface area contributed by atoms with Crippen LogP contribution in [0.1, 0.15) is 33.0 Å². The van der Waals surface area contributed by atoms with Crippen molar-refractivity contribution >= 4 is 28.2 Å². The standard InChI is InChI=1S/C11H10N6OS/c12-4-6-5-2-1-3-7(5)19-10(6)15-9(18)8-14-11(13)17-16-8/h1-3H2,(H,15,18)(H3,13,14,16,17). The van der Waals surface area contributed by atoms with Gasteiger partial charge in [-0.05, 0) is 24.8 Å². The number of nitrogens with two attached hydrogens (primary N) is 1. The molecule has 96 valence electrons. The molecule has 0 saturated heterocycles. The van der Waals surface area contributed by atoms with Crippen LogP contribution in [0.5, 0.6) is 0 Å². The highest BCUT2D eigenvalue weighted by Crippen LogP contribution is 2.38. The van der Waals surface area contributed by atoms with E-state index in [0.29, 0.717) is 10.6 Å². The highest BCUT2D eigenvalue weighted by atomic mass is 32.1. The fourth-order valence-electron chi connectivity index (χ4n) is 2.15. The summed E-state index contributed by atoms with van der Waals surface area (Å²) in [7, 11) is 0. The van der Waals surface area contributed by atoms with Crippen LogP contribution in [0.25, 0.3) is 0 Å². The van der Waals surface area contributed by atoms with Gasteiger partial charge < -0.3 is 11.1 Å². The number of nitrogens with one attached hydrogen (secondary N) is 2. The molecule has 0 atom stereocenters. The Balaban J connectivity index is 1.88. The lowest BCUT2D eigenvalue weighted by atomic mass is 10.1. The number of thiophene rings is 1. The number of hydrogen-bond acceptors (Lipinski definition) is 6. The number of carbonyl (C=O) groups is 1. The number of aromatic amines is 1. The first-order valence-electron chi connectivity index (χ1n) is 5.73. The van der Waals surface area contributed by atoms with Gasteiger partial charge in [-0.25, -0.2) is 0 Å². The lowest BCUT2D eigenvalue weighted by Gasteiger charge is -2.00. The Kier molecular flexibility index (Phi) is 2.68. The summed E-state index contributed by atoms with van der Waals surface area (Å²) in [5, 5.41) is 18.5. The van der Waals surface area contributed by atoms with Gasteiger partial charge in [-0.15, -0.1) is 16.4 Å². The third-order valence-electron chi connectivity index (χ3n) is 2.98. The molecule has 0 radical (unpaired) electrons. The number of H-pyrrole nitrogens is 1. The zero-order chi connectivity index (χ0) is 13.4. The van der Waals surface area contributed by atoms with E-state index in [1.54, 1.807) is 0 Å². The first-order valence-corrected chi connectivity index (χ1v) is 6.54. The Morgan fingerprint density at radius 2 is 2.37 bits per heavy atom. The number of nitriles is 1. The lowest BCUT2D eigenvalue weighted by Crippen LogP contribution is -2.13. The van der Waals surface area contributed by atoms with E-state index in [9.17, 15) is 10.1 Å². The van der Waals surface area contributed by atoms with Crippen molar-refractivity contribution < 1.29 is 4.79 Å². The molecule has 1 aliphatic carbocycles. The number of amides is 1. The second-order valence-corrected chi connectivity index (χ2v) is 5.27. The van der Waals surface area contributed by atoms with E-state index >= 15 is 0 Å². The largest absolute Gasteiger partial charge is 0.366 e. The fraction of sp³-hybridized carbons (Fsp3) is 0.273. The number of nitrogen functional groups attached to an aromatic ring is 1. The topological polar surface area (TPSA) is 120 Å². The molecule has 0 spiro atoms. The van der Waals surface area contributed by atoms with Crippen molar-refractivity contribution in [1.29, 1.82) is 5.26 Å². The number of aryl methyl sites for hydroxylation is 1. The van der Waals surface area contributed by atoms with Crippen LogP contribution in [0.4, 0.5) is 10.9 Å². The first-order chi connectivity index (χ1) is 9.19. The Hall–Kier alpha value is -2.40. The Labute approximate surface area is 112 Å². The van der Waals surface area contributed by atoms with Crippen molar-refractivity contribution in [3.63, 3.8) is 0 Å². The number of nitrogens with zero attached hydrogens (tertiary/aromatic N) is 3. The van der Waals surface area contributed by atoms with E-state index in [1.165, 1.54) is 16.2 Å². The predicted octanol–water partition coefficient (Wildman–Crippen LogP) is 1.06. The van der Waals surface area contributed by atoms with Gasteiger partial charge in [0.2, 0.25) is 11.8 Å². The molecular weight excluding hydrogens is 264 g/mol. The average molecular weight is 274 g/mol. The minimum atomic E-state index is -0.444. The van der Waals surface area contributed by atoms with E-state index < -0.39 is 5.91 Å². The molecule has 1 amide bonds. The second-order valence-electron chi connectivity index (χ2n) is 4.17. The van der Waals surface area contributed by atoms with Crippen LogP contribution in [0, 0.1) is 11.3 Å². The van der Waals surface area contributed by atoms with Gasteiger partial charge in [0.1, 0.15) is 11.1 Å². The molecule has 2 aromatic heterocycles. The third kappa shape index (κ3) is 1.94. The van der Waals surface area contributed by atoms with E-state index in [2.05, 4.69) is 26.6 Å². The normalized spacial score (nSPS) is 13.0. The molecule has 7 nitrogen and oxygen atoms in total. The van der Waals surface area contributed by atoms with Crippen LogP contribution >= 0.6 is 11.3 Å². The number of hydrogen-bond donors (Lipinski definition) is 3. The van der Waals surface area contributed by atoms with Crippen LogP contribution < -0.4 is 11.1 Å². The smallest absolute Gasteiger partial charge is 0.293 e. The maximum atomic E-state index is 11.9. The highest BCUT2D eigenvalue weighted by molar-refractivity contribution is 7.16. The third-order valence-corrected chi connectivity index (χ3v) is 4.19. The summed E-state index contributed by atoms with van der Waals surface area (Å²) < 4.78 is 0. The van der Waals surface area contributed by atoms with E-state index in [-0.39, 0.29) is 11.8 Å². The van der Waals surface area contributed by atoms with Crippen LogP contribution in [-0.4, -0.2) is 21.1 Å². The molecule has 0 unspecified atom stereocenters. The fourth-order valence-corrected chi connectivity index (χ4v) is 3.38. The molecule has 4 N–H and O–H groups in total. The molecule has 0 aromatic carbocycles. The maximum absolute atomic E-state index is 11.9. The number of aromatic nitrogens is 3. The zero-order valence-corrected chi connectivity index (χ0v) is 10.7. The minimum absolute atomic E-state index is 0.0133. The van der Waals surface area contributed by atoms with Crippen LogP contribution in [-0.2, 0) is 12.8 Å². The average Bonchev–Trinajstić information content (AvgIpc) is 3.04. The monoisotopic (exact) mass is 274 g/mol. The Bertz CT molecular complexity index is 695. The van der Waals surface area contributed by atoms with Gasteiger partial charge in [-0.1, -0.05) is 0 Å². The molecule has 0 saturated carbocycles. The van der Waals surface area contributed by atoms with Crippen LogP contribution in [0.15, 0.2) is 0 Å². The van der Waals surface area contributed by atoms with Crippen molar-refractivity contribution in [2.75, 3.05) is 11.1 Å². The molecule has 0 bridgehead atoms. The Morgan fingerprint density at radius 1 is 1.53 bits per heavy atom. The summed E-state index contributed by atoms with van der Waals surface area (Å²) in [6.45, 7) is 0. The van der Waals surface area contributed by atoms with Crippen molar-refractivity contribution in [3.8, 4) is 6.07 Å². The van der Waals surface area contributed by atoms with Crippen LogP contribution in [0.3, 0.4) is 0 Å². The maximum Gasteiger partial charge on any atom is 0.293 e. The van der Waals surface area contributed by atoms with Crippen LogP contribution in [0.2, 0.25) is 0 Å². The van der Waals surface area contributed by atoms with Gasteiger partial charge in [0, 0.05) is 4.88 Å². The number of fused-ring (bicyclic) bond motifs is 1. The van der Waals surface area contributed by atoms with E-state index in [1.807, 2.05) is 0 Å². The van der Waals surface area contributed by atoms with Gasteiger partial charge in [0.25, 0.3) is 5.91 Å². The molecular formula is C11H10N6OS. The summed E-state index contributed by atoms with van der Waals surface area (Å²) >= 11 is 1.46. The van der Waals surface area contributed by atoms with Gasteiger partial charge >= 0.3 is 0 Å². The lowest BCUT2D eigenvalue weighted by molar-refractivity contribution is 0.101. The molecule has 0 aliphatic heterocycles. The van der Waals surface area contributed by atoms with E-state index in [4.69, 9.17) is 5.73 Å². The molecule has 19 heavy (non-hydrogen) atoms. The number of carbonyl (C=O) groups excluding carboxylic acids is 1. The summed E-state index contributed by atoms with van der Waals surface area (Å²) in [6.07, 6.45) is 2.95. The number of rotatable bonds is 2. The molecule has 0 fully saturated rings. The quantitative estimate of drug-likeness (QED) is 0.756. The van der Waals surface area contributed by atoms with Crippen molar-refractivity contribution in [3.05, 3.63) is 21.8 Å². The summed E-state index contributed by atoms with van der Waals surface area (Å²) in [5.74, 6) is -0.394. The van der Waals surface area contributed by atoms with E-state index in [0.717, 1.165) is 24.8 Å². The van der Waals surface area contributed by atoms with Gasteiger partial charge in [-0.3, -0.25) is 9.89 Å². The Morgan fingerprint density at radius 3 is 3.05 bits per heavy atom. The summed E-state index contributed by atoms with van der Waals surface area (Å²) in [5.41, 5.74) is 6.98. The van der Waals surface area contributed by atoms with Gasteiger partial charge in [-0.2, -0.15) is 10.2 Å². The molecule has 8 heteroatoms. The minimum Gasteiger partial charge on any atom is -0.366 e. The highest BCUT2D eigenvalue weighted by Gasteiger charge is 2.23. The number of anilines is 2. The van der Waals surface area contributed by atoms with Crippen molar-refractivity contribution in [2.45, 2.75) is 19.3 Å². The van der Waals surface area contributed by atoms with Crippen molar-refractivity contribution in [1.82, 2.24) is 15.2 Å². The SMILES string of the molecule is N#Cc1c(NC(=O)c2nc(N)n[nH]2)sc2c1CCC2. The van der Waals surface area contributed by atoms with Gasteiger partial charge in [0.05, 0.1) is 5.56 Å². The molecule has 2 aromatic rings. The summed E-state index contributed by atoms with van der Waals surface area (Å²) in [6, 6.07) is 2.16. The van der Waals surface area contributed by atoms with Gasteiger partial charge in [0.15, 0.2) is 0 Å². The first kappa shape index (κ1) is 11.7. The molecule has 1 aliphatic rings. The summed E-state index contributed by atoms with van der Waals surface area (Å²) in [4.78, 5) is 16.8. The molecule has 3 rings (SSSR count). The predicted molar refractivity (Wildman–Crippen MR) is 69.8 cm³/mol. The zero-order valence-electron chi connectivity index (χ0n) is 9.86.